The molecular formula is C60H40. The summed E-state index contributed by atoms with van der Waals surface area (Å²) in [7, 11) is 0. The molecule has 0 aromatic heterocycles. The van der Waals surface area contributed by atoms with Gasteiger partial charge in [0.1, 0.15) is 0 Å². The fourth-order valence-electron chi connectivity index (χ4n) is 11.6. The Balaban J connectivity index is 1.13. The second-order valence-electron chi connectivity index (χ2n) is 17.5. The van der Waals surface area contributed by atoms with Gasteiger partial charge in [0, 0.05) is 5.41 Å². The van der Waals surface area contributed by atoms with Gasteiger partial charge in [-0.3, -0.25) is 0 Å². The van der Waals surface area contributed by atoms with E-state index in [1.54, 1.807) is 0 Å². The van der Waals surface area contributed by atoms with Crippen LogP contribution in [0.1, 0.15) is 47.2 Å². The van der Waals surface area contributed by atoms with Crippen LogP contribution in [0.25, 0.3) is 87.2 Å². The molecule has 0 N–H and O–H groups in total. The van der Waals surface area contributed by atoms with Gasteiger partial charge in [-0.15, -0.1) is 0 Å². The summed E-state index contributed by atoms with van der Waals surface area (Å²) < 4.78 is 0. The van der Waals surface area contributed by atoms with Crippen LogP contribution in [0.4, 0.5) is 0 Å². The van der Waals surface area contributed by atoms with Crippen molar-refractivity contribution in [3.8, 4) is 33.4 Å². The van der Waals surface area contributed by atoms with Gasteiger partial charge >= 0.3 is 0 Å². The Hall–Kier alpha value is -7.28. The fourth-order valence-corrected chi connectivity index (χ4v) is 11.6. The molecule has 0 nitrogen and oxygen atoms in total. The molecule has 11 aromatic rings. The highest BCUT2D eigenvalue weighted by molar-refractivity contribution is 6.26. The molecule has 2 aliphatic rings. The molecular weight excluding hydrogens is 721 g/mol. The molecule has 0 aliphatic heterocycles. The van der Waals surface area contributed by atoms with Crippen LogP contribution in [0.2, 0.25) is 0 Å². The molecule has 0 unspecified atom stereocenters. The van der Waals surface area contributed by atoms with E-state index in [-0.39, 0.29) is 5.41 Å². The lowest BCUT2D eigenvalue weighted by Crippen LogP contribution is -2.28. The summed E-state index contributed by atoms with van der Waals surface area (Å²) >= 11 is 0. The smallest absolute Gasteiger partial charge is 0.0622 e. The molecule has 0 saturated heterocycles. The zero-order valence-corrected chi connectivity index (χ0v) is 33.6. The quantitative estimate of drug-likeness (QED) is 0.157. The average molecular weight is 761 g/mol. The summed E-state index contributed by atoms with van der Waals surface area (Å²) in [6.45, 7) is 4.87. The van der Waals surface area contributed by atoms with E-state index in [2.05, 4.69) is 220 Å². The van der Waals surface area contributed by atoms with Crippen molar-refractivity contribution in [1.29, 1.82) is 0 Å². The predicted octanol–water partition coefficient (Wildman–Crippen LogP) is 15.8. The molecule has 0 fully saturated rings. The van der Waals surface area contributed by atoms with Crippen molar-refractivity contribution in [2.75, 3.05) is 0 Å². The van der Waals surface area contributed by atoms with Crippen molar-refractivity contribution in [3.63, 3.8) is 0 Å². The highest BCUT2D eigenvalue weighted by atomic mass is 14.5. The number of fused-ring (bicyclic) bond motifs is 15. The Morgan fingerprint density at radius 3 is 1.33 bits per heavy atom. The zero-order valence-electron chi connectivity index (χ0n) is 33.6. The standard InChI is InChI=1S/C60H40/c1-59(2)55-34-51-47-28-16-13-25-44(47)43-24-12-15-27-46(43)50(51)33-52(55)54-36-58-53(35-56(54)59)48-30-29-38(49-31-37-17-9-10-22-41(37)42-23-11-14-26-45(42)49)32-57(48)60(58,39-18-5-3-6-19-39)40-20-7-4-8-21-40/h3-36H,1-2H3. The maximum Gasteiger partial charge on any atom is 0.0714 e. The molecule has 0 saturated carbocycles. The summed E-state index contributed by atoms with van der Waals surface area (Å²) in [6.07, 6.45) is 0. The second-order valence-corrected chi connectivity index (χ2v) is 17.5. The van der Waals surface area contributed by atoms with Crippen LogP contribution in [0.3, 0.4) is 0 Å². The van der Waals surface area contributed by atoms with Crippen LogP contribution < -0.4 is 0 Å². The maximum absolute atomic E-state index is 2.60. The van der Waals surface area contributed by atoms with E-state index in [0.29, 0.717) is 0 Å². The highest BCUT2D eigenvalue weighted by Crippen LogP contribution is 2.61. The molecule has 2 aliphatic carbocycles. The molecule has 0 radical (unpaired) electrons. The van der Waals surface area contributed by atoms with E-state index in [1.165, 1.54) is 121 Å². The Bertz CT molecular complexity index is 3570. The molecule has 0 heteroatoms. The summed E-state index contributed by atoms with van der Waals surface area (Å²) in [5.41, 5.74) is 15.1. The first-order chi connectivity index (χ1) is 29.5. The first-order valence-corrected chi connectivity index (χ1v) is 21.3. The molecule has 0 atom stereocenters. The molecule has 0 spiro atoms. The number of hydrogen-bond donors (Lipinski definition) is 0. The van der Waals surface area contributed by atoms with Gasteiger partial charge < -0.3 is 0 Å². The minimum Gasteiger partial charge on any atom is -0.0622 e. The van der Waals surface area contributed by atoms with Gasteiger partial charge in [0.15, 0.2) is 0 Å². The third kappa shape index (κ3) is 4.35. The third-order valence-electron chi connectivity index (χ3n) is 14.3. The first-order valence-electron chi connectivity index (χ1n) is 21.3. The van der Waals surface area contributed by atoms with Crippen LogP contribution in [-0.2, 0) is 10.8 Å². The fraction of sp³-hybridized carbons (Fsp3) is 0.0667. The molecule has 60 heavy (non-hydrogen) atoms. The van der Waals surface area contributed by atoms with Crippen LogP contribution in [0.15, 0.2) is 206 Å². The van der Waals surface area contributed by atoms with E-state index in [1.807, 2.05) is 0 Å². The first kappa shape index (κ1) is 33.7. The minimum atomic E-state index is -0.544. The maximum atomic E-state index is 2.60. The molecule has 0 bridgehead atoms. The molecule has 0 heterocycles. The largest absolute Gasteiger partial charge is 0.0714 e. The van der Waals surface area contributed by atoms with E-state index >= 15 is 0 Å². The van der Waals surface area contributed by atoms with Crippen molar-refractivity contribution in [2.24, 2.45) is 0 Å². The highest BCUT2D eigenvalue weighted by Gasteiger charge is 2.48. The van der Waals surface area contributed by atoms with Gasteiger partial charge in [0.2, 0.25) is 0 Å². The van der Waals surface area contributed by atoms with Gasteiger partial charge in [-0.05, 0) is 157 Å². The minimum absolute atomic E-state index is 0.199. The topological polar surface area (TPSA) is 0 Å². The SMILES string of the molecule is CC1(C)c2cc3c(cc2-c2cc4c5ccccc5c5ccccc5c4cc21)C(c1ccccc1)(c1ccccc1)c1cc(-c2cc4ccccc4c4ccccc24)ccc1-3. The van der Waals surface area contributed by atoms with Crippen molar-refractivity contribution in [3.05, 3.63) is 240 Å². The normalized spacial score (nSPS) is 14.4. The number of rotatable bonds is 3. The van der Waals surface area contributed by atoms with Gasteiger partial charge in [0.05, 0.1) is 5.41 Å². The van der Waals surface area contributed by atoms with Crippen LogP contribution >= 0.6 is 0 Å². The number of hydrogen-bond acceptors (Lipinski definition) is 0. The molecule has 280 valence electrons. The molecule has 11 aromatic carbocycles. The van der Waals surface area contributed by atoms with Crippen molar-refractivity contribution in [2.45, 2.75) is 24.7 Å². The van der Waals surface area contributed by atoms with Crippen LogP contribution in [-0.4, -0.2) is 0 Å². The summed E-state index contributed by atoms with van der Waals surface area (Å²) in [5, 5.41) is 13.0. The van der Waals surface area contributed by atoms with Crippen LogP contribution in [0, 0.1) is 0 Å². The molecule has 13 rings (SSSR count). The van der Waals surface area contributed by atoms with Crippen molar-refractivity contribution < 1.29 is 0 Å². The van der Waals surface area contributed by atoms with Gasteiger partial charge in [0.25, 0.3) is 0 Å². The lowest BCUT2D eigenvalue weighted by Gasteiger charge is -2.34. The summed E-state index contributed by atoms with van der Waals surface area (Å²) in [6, 6.07) is 78.1. The zero-order chi connectivity index (χ0) is 39.7. The lowest BCUT2D eigenvalue weighted by atomic mass is 9.67. The average Bonchev–Trinajstić information content (AvgIpc) is 3.72. The van der Waals surface area contributed by atoms with Crippen molar-refractivity contribution in [1.82, 2.24) is 0 Å². The van der Waals surface area contributed by atoms with Crippen LogP contribution in [0.5, 0.6) is 0 Å². The summed E-state index contributed by atoms with van der Waals surface area (Å²) in [5.74, 6) is 0. The third-order valence-corrected chi connectivity index (χ3v) is 14.3. The van der Waals surface area contributed by atoms with E-state index in [0.717, 1.165) is 0 Å². The van der Waals surface area contributed by atoms with E-state index in [9.17, 15) is 0 Å². The summed E-state index contributed by atoms with van der Waals surface area (Å²) in [4.78, 5) is 0. The Kier molecular flexibility index (Phi) is 6.81. The van der Waals surface area contributed by atoms with Gasteiger partial charge in [-0.25, -0.2) is 0 Å². The Morgan fingerprint density at radius 2 is 0.700 bits per heavy atom. The monoisotopic (exact) mass is 760 g/mol. The number of benzene rings is 11. The second kappa shape index (κ2) is 12.1. The Morgan fingerprint density at radius 1 is 0.267 bits per heavy atom. The van der Waals surface area contributed by atoms with Crippen molar-refractivity contribution >= 4 is 53.9 Å². The molecule has 0 amide bonds. The van der Waals surface area contributed by atoms with E-state index < -0.39 is 5.41 Å². The Labute approximate surface area is 350 Å². The van der Waals surface area contributed by atoms with E-state index in [4.69, 9.17) is 0 Å². The lowest BCUT2D eigenvalue weighted by molar-refractivity contribution is 0.661. The predicted molar refractivity (Wildman–Crippen MR) is 254 cm³/mol. The van der Waals surface area contributed by atoms with Gasteiger partial charge in [-0.1, -0.05) is 184 Å². The van der Waals surface area contributed by atoms with Gasteiger partial charge in [-0.2, -0.15) is 0 Å².